The molecule has 0 heterocycles. The number of hydrogen-bond acceptors (Lipinski definition) is 2. The molecule has 0 unspecified atom stereocenters. The maximum absolute atomic E-state index is 9.52. The Balaban J connectivity index is 0. The first-order valence-electron chi connectivity index (χ1n) is 5.12. The van der Waals surface area contributed by atoms with Gasteiger partial charge in [-0.25, -0.2) is 4.79 Å². The fourth-order valence-corrected chi connectivity index (χ4v) is 0.816. The van der Waals surface area contributed by atoms with Crippen molar-refractivity contribution in [1.29, 1.82) is 5.26 Å². The Morgan fingerprint density at radius 3 is 2.13 bits per heavy atom. The van der Waals surface area contributed by atoms with Gasteiger partial charge in [-0.1, -0.05) is 40.5 Å². The summed E-state index contributed by atoms with van der Waals surface area (Å²) in [6.07, 6.45) is 5.76. The van der Waals surface area contributed by atoms with Crippen LogP contribution in [0.2, 0.25) is 0 Å². The Kier molecular flexibility index (Phi) is 9.97. The lowest BCUT2D eigenvalue weighted by atomic mass is 9.90. The second-order valence-electron chi connectivity index (χ2n) is 4.46. The largest absolute Gasteiger partial charge is 0.478 e. The van der Waals surface area contributed by atoms with E-state index in [0.29, 0.717) is 5.41 Å². The molecule has 0 aliphatic heterocycles. The molecule has 0 aromatic heterocycles. The van der Waals surface area contributed by atoms with Crippen LogP contribution in [-0.2, 0) is 4.79 Å². The number of carbonyl (C=O) groups is 1. The van der Waals surface area contributed by atoms with E-state index in [1.807, 2.05) is 0 Å². The van der Waals surface area contributed by atoms with Crippen LogP contribution in [0.5, 0.6) is 0 Å². The minimum atomic E-state index is -1.10. The van der Waals surface area contributed by atoms with Crippen molar-refractivity contribution in [2.24, 2.45) is 5.41 Å². The first-order chi connectivity index (χ1) is 6.83. The molecule has 3 heteroatoms. The topological polar surface area (TPSA) is 61.1 Å². The van der Waals surface area contributed by atoms with Gasteiger partial charge in [0.15, 0.2) is 0 Å². The molecule has 0 aliphatic carbocycles. The maximum atomic E-state index is 9.52. The fraction of sp³-hybridized carbons (Fsp3) is 0.667. The lowest BCUT2D eigenvalue weighted by Gasteiger charge is -2.16. The molecule has 0 atom stereocenters. The van der Waals surface area contributed by atoms with Gasteiger partial charge in [0, 0.05) is 12.2 Å². The Hall–Kier alpha value is -1.30. The zero-order chi connectivity index (χ0) is 12.3. The summed E-state index contributed by atoms with van der Waals surface area (Å²) in [6, 6.07) is 1.54. The summed E-state index contributed by atoms with van der Waals surface area (Å²) in [4.78, 5) is 9.52. The smallest absolute Gasteiger partial charge is 0.329 e. The number of unbranched alkanes of at least 4 members (excludes halogenated alkanes) is 1. The van der Waals surface area contributed by atoms with Gasteiger partial charge < -0.3 is 5.11 Å². The molecule has 0 fully saturated rings. The van der Waals surface area contributed by atoms with Crippen molar-refractivity contribution in [3.05, 3.63) is 12.2 Å². The number of nitriles is 1. The Morgan fingerprint density at radius 2 is 2.00 bits per heavy atom. The number of nitrogens with zero attached hydrogens (tertiary/aromatic N) is 1. The van der Waals surface area contributed by atoms with Crippen LogP contribution >= 0.6 is 0 Å². The molecule has 86 valence electrons. The first-order valence-corrected chi connectivity index (χ1v) is 5.12. The summed E-state index contributed by atoms with van der Waals surface area (Å²) in [5.41, 5.74) is 0.552. The van der Waals surface area contributed by atoms with E-state index in [9.17, 15) is 4.79 Å². The second-order valence-corrected chi connectivity index (χ2v) is 4.46. The van der Waals surface area contributed by atoms with E-state index in [0.717, 1.165) is 12.2 Å². The SMILES string of the molecule is CCCCC(C)(C)C.N#CC=CC(=O)O. The summed E-state index contributed by atoms with van der Waals surface area (Å²) in [6.45, 7) is 9.12. The predicted octanol–water partition coefficient (Wildman–Crippen LogP) is 3.37. The van der Waals surface area contributed by atoms with Gasteiger partial charge in [-0.15, -0.1) is 0 Å². The average Bonchev–Trinajstić information content (AvgIpc) is 2.11. The third kappa shape index (κ3) is 24.5. The Morgan fingerprint density at radius 1 is 1.47 bits per heavy atom. The van der Waals surface area contributed by atoms with Crippen LogP contribution in [0.1, 0.15) is 47.0 Å². The lowest BCUT2D eigenvalue weighted by molar-refractivity contribution is -0.131. The number of allylic oxidation sites excluding steroid dienone is 1. The van der Waals surface area contributed by atoms with Crippen LogP contribution in [0.3, 0.4) is 0 Å². The van der Waals surface area contributed by atoms with Crippen molar-refractivity contribution in [1.82, 2.24) is 0 Å². The highest BCUT2D eigenvalue weighted by molar-refractivity contribution is 5.80. The molecule has 0 spiro atoms. The van der Waals surface area contributed by atoms with Gasteiger partial charge in [0.1, 0.15) is 0 Å². The zero-order valence-electron chi connectivity index (χ0n) is 10.1. The van der Waals surface area contributed by atoms with E-state index >= 15 is 0 Å². The first kappa shape index (κ1) is 16.1. The van der Waals surface area contributed by atoms with Gasteiger partial charge in [0.05, 0.1) is 6.07 Å². The highest BCUT2D eigenvalue weighted by atomic mass is 16.4. The third-order valence-electron chi connectivity index (χ3n) is 1.58. The van der Waals surface area contributed by atoms with E-state index in [2.05, 4.69) is 27.7 Å². The van der Waals surface area contributed by atoms with Gasteiger partial charge in [-0.2, -0.15) is 5.26 Å². The van der Waals surface area contributed by atoms with Gasteiger partial charge in [-0.3, -0.25) is 0 Å². The number of carboxylic acid groups (broad SMARTS) is 1. The summed E-state index contributed by atoms with van der Waals surface area (Å²) < 4.78 is 0. The molecule has 0 saturated carbocycles. The molecule has 0 aromatic carbocycles. The van der Waals surface area contributed by atoms with E-state index in [1.165, 1.54) is 25.3 Å². The lowest BCUT2D eigenvalue weighted by Crippen LogP contribution is -2.03. The van der Waals surface area contributed by atoms with Crippen molar-refractivity contribution in [2.75, 3.05) is 0 Å². The van der Waals surface area contributed by atoms with Crippen molar-refractivity contribution < 1.29 is 9.90 Å². The molecular formula is C12H21NO2. The van der Waals surface area contributed by atoms with E-state index < -0.39 is 5.97 Å². The van der Waals surface area contributed by atoms with Crippen molar-refractivity contribution in [2.45, 2.75) is 47.0 Å². The van der Waals surface area contributed by atoms with Crippen molar-refractivity contribution in [3.8, 4) is 6.07 Å². The van der Waals surface area contributed by atoms with Gasteiger partial charge in [0.2, 0.25) is 0 Å². The molecule has 0 saturated heterocycles. The molecule has 0 aliphatic rings. The predicted molar refractivity (Wildman–Crippen MR) is 61.4 cm³/mol. The monoisotopic (exact) mass is 211 g/mol. The number of rotatable bonds is 3. The number of aliphatic carboxylic acids is 1. The minimum Gasteiger partial charge on any atom is -0.478 e. The van der Waals surface area contributed by atoms with Gasteiger partial charge >= 0.3 is 5.97 Å². The zero-order valence-corrected chi connectivity index (χ0v) is 10.1. The maximum Gasteiger partial charge on any atom is 0.329 e. The summed E-state index contributed by atoms with van der Waals surface area (Å²) in [7, 11) is 0. The third-order valence-corrected chi connectivity index (χ3v) is 1.58. The van der Waals surface area contributed by atoms with Gasteiger partial charge in [-0.05, 0) is 11.8 Å². The van der Waals surface area contributed by atoms with Crippen LogP contribution in [-0.4, -0.2) is 11.1 Å². The fourth-order valence-electron chi connectivity index (χ4n) is 0.816. The second kappa shape index (κ2) is 9.26. The number of hydrogen-bond donors (Lipinski definition) is 1. The van der Waals surface area contributed by atoms with Crippen LogP contribution < -0.4 is 0 Å². The Labute approximate surface area is 92.4 Å². The molecule has 0 amide bonds. The molecule has 0 bridgehead atoms. The van der Waals surface area contributed by atoms with Crippen LogP contribution in [0.25, 0.3) is 0 Å². The van der Waals surface area contributed by atoms with Crippen molar-refractivity contribution in [3.63, 3.8) is 0 Å². The van der Waals surface area contributed by atoms with E-state index in [-0.39, 0.29) is 0 Å². The summed E-state index contributed by atoms with van der Waals surface area (Å²) in [5.74, 6) is -1.10. The standard InChI is InChI=1S/C8H18.C4H3NO2/c1-5-6-7-8(2,3)4;5-3-1-2-4(6)7/h5-7H2,1-4H3;1-2H,(H,6,7). The quantitative estimate of drug-likeness (QED) is 0.575. The highest BCUT2D eigenvalue weighted by Gasteiger charge is 2.07. The summed E-state index contributed by atoms with van der Waals surface area (Å²) in [5, 5.41) is 15.5. The average molecular weight is 211 g/mol. The molecule has 0 radical (unpaired) electrons. The highest BCUT2D eigenvalue weighted by Crippen LogP contribution is 2.20. The Bertz CT molecular complexity index is 231. The summed E-state index contributed by atoms with van der Waals surface area (Å²) >= 11 is 0. The number of carboxylic acids is 1. The van der Waals surface area contributed by atoms with Crippen molar-refractivity contribution >= 4 is 5.97 Å². The van der Waals surface area contributed by atoms with Crippen LogP contribution in [0.15, 0.2) is 12.2 Å². The molecule has 0 rings (SSSR count). The molecule has 0 aromatic rings. The van der Waals surface area contributed by atoms with Crippen LogP contribution in [0, 0.1) is 16.7 Å². The molecule has 15 heavy (non-hydrogen) atoms. The molecule has 3 nitrogen and oxygen atoms in total. The van der Waals surface area contributed by atoms with Crippen LogP contribution in [0.4, 0.5) is 0 Å². The van der Waals surface area contributed by atoms with E-state index in [1.54, 1.807) is 0 Å². The molecule has 1 N–H and O–H groups in total. The molecular weight excluding hydrogens is 190 g/mol. The normalized spacial score (nSPS) is 10.3. The van der Waals surface area contributed by atoms with Gasteiger partial charge in [0.25, 0.3) is 0 Å². The minimum absolute atomic E-state index is 0.552. The van der Waals surface area contributed by atoms with E-state index in [4.69, 9.17) is 10.4 Å².